The summed E-state index contributed by atoms with van der Waals surface area (Å²) in [5, 5.41) is 27.1. The summed E-state index contributed by atoms with van der Waals surface area (Å²) in [5.41, 5.74) is 0.796. The first kappa shape index (κ1) is 16.5. The van der Waals surface area contributed by atoms with Crippen LogP contribution in [0.2, 0.25) is 0 Å². The molecule has 0 unspecified atom stereocenters. The van der Waals surface area contributed by atoms with Gasteiger partial charge in [0, 0.05) is 0 Å². The summed E-state index contributed by atoms with van der Waals surface area (Å²) in [6, 6.07) is 8.24. The van der Waals surface area contributed by atoms with Crippen LogP contribution >= 0.6 is 0 Å². The number of halogens is 1. The van der Waals surface area contributed by atoms with E-state index < -0.39 is 5.82 Å². The summed E-state index contributed by atoms with van der Waals surface area (Å²) in [4.78, 5) is 10.7. The molecular weight excluding hydrogens is 275 g/mol. The molecule has 0 aliphatic carbocycles. The van der Waals surface area contributed by atoms with Crippen molar-refractivity contribution in [3.63, 3.8) is 0 Å². The number of carbonyl (C=O) groups is 1. The highest BCUT2D eigenvalue weighted by Crippen LogP contribution is 2.27. The fourth-order valence-electron chi connectivity index (χ4n) is 1.65. The van der Waals surface area contributed by atoms with Crippen LogP contribution in [0.25, 0.3) is 0 Å². The first-order valence-electron chi connectivity index (χ1n) is 6.36. The normalized spacial score (nSPS) is 9.67. The van der Waals surface area contributed by atoms with Crippen LogP contribution in [0.1, 0.15) is 29.8 Å². The number of aryl methyl sites for hydroxylation is 1. The number of rotatable bonds is 2. The van der Waals surface area contributed by atoms with Gasteiger partial charge in [-0.15, -0.1) is 0 Å². The third kappa shape index (κ3) is 4.49. The van der Waals surface area contributed by atoms with Gasteiger partial charge in [-0.25, -0.2) is 4.39 Å². The Labute approximate surface area is 122 Å². The molecule has 2 rings (SSSR count). The van der Waals surface area contributed by atoms with Gasteiger partial charge in [-0.1, -0.05) is 19.1 Å². The molecule has 5 heteroatoms. The largest absolute Gasteiger partial charge is 0.507 e. The van der Waals surface area contributed by atoms with Gasteiger partial charge in [0.15, 0.2) is 17.3 Å². The van der Waals surface area contributed by atoms with Crippen molar-refractivity contribution in [3.8, 4) is 17.2 Å². The van der Waals surface area contributed by atoms with Crippen molar-refractivity contribution in [3.05, 3.63) is 53.3 Å². The molecule has 2 aromatic rings. The van der Waals surface area contributed by atoms with Crippen LogP contribution in [0.3, 0.4) is 0 Å². The van der Waals surface area contributed by atoms with Gasteiger partial charge < -0.3 is 15.3 Å². The first-order chi connectivity index (χ1) is 9.86. The minimum Gasteiger partial charge on any atom is -0.507 e. The number of hydrogen-bond donors (Lipinski definition) is 3. The molecule has 2 aromatic carbocycles. The highest BCUT2D eigenvalue weighted by molar-refractivity contribution is 5.96. The Morgan fingerprint density at radius 3 is 2.24 bits per heavy atom. The molecule has 0 aromatic heterocycles. The van der Waals surface area contributed by atoms with Crippen LogP contribution in [0.5, 0.6) is 17.2 Å². The molecule has 4 nitrogen and oxygen atoms in total. The second-order valence-electron chi connectivity index (χ2n) is 4.36. The molecule has 0 bridgehead atoms. The Hall–Kier alpha value is -2.56. The molecule has 0 radical (unpaired) electrons. The summed E-state index contributed by atoms with van der Waals surface area (Å²) in [6.45, 7) is 3.20. The fraction of sp³-hybridized carbons (Fsp3) is 0.188. The minimum atomic E-state index is -0.520. The molecule has 0 heterocycles. The van der Waals surface area contributed by atoms with Gasteiger partial charge in [0.05, 0.1) is 5.56 Å². The summed E-state index contributed by atoms with van der Waals surface area (Å²) < 4.78 is 12.4. The predicted molar refractivity (Wildman–Crippen MR) is 77.2 cm³/mol. The summed E-state index contributed by atoms with van der Waals surface area (Å²) in [5.74, 6) is -1.08. The van der Waals surface area contributed by atoms with Gasteiger partial charge in [-0.3, -0.25) is 4.79 Å². The van der Waals surface area contributed by atoms with Crippen LogP contribution in [-0.4, -0.2) is 21.1 Å². The van der Waals surface area contributed by atoms with Gasteiger partial charge in [-0.2, -0.15) is 0 Å². The predicted octanol–water partition coefficient (Wildman–Crippen LogP) is 3.39. The van der Waals surface area contributed by atoms with Crippen molar-refractivity contribution in [1.82, 2.24) is 0 Å². The monoisotopic (exact) mass is 292 g/mol. The number of Topliss-reactive ketones (excluding diaryl/α,β-unsaturated/α-hetero) is 1. The molecule has 0 atom stereocenters. The van der Waals surface area contributed by atoms with E-state index >= 15 is 0 Å². The second-order valence-corrected chi connectivity index (χ2v) is 4.36. The summed E-state index contributed by atoms with van der Waals surface area (Å²) in [6.07, 6.45) is 0.736. The quantitative estimate of drug-likeness (QED) is 0.585. The van der Waals surface area contributed by atoms with Gasteiger partial charge in [0.2, 0.25) is 0 Å². The lowest BCUT2D eigenvalue weighted by molar-refractivity contribution is 0.101. The van der Waals surface area contributed by atoms with E-state index in [-0.39, 0.29) is 28.6 Å². The lowest BCUT2D eigenvalue weighted by Gasteiger charge is -2.01. The van der Waals surface area contributed by atoms with E-state index in [1.807, 2.05) is 6.92 Å². The zero-order valence-corrected chi connectivity index (χ0v) is 11.8. The van der Waals surface area contributed by atoms with Crippen LogP contribution in [0.15, 0.2) is 36.4 Å². The molecule has 0 spiro atoms. The molecule has 21 heavy (non-hydrogen) atoms. The van der Waals surface area contributed by atoms with Crippen LogP contribution in [0, 0.1) is 5.82 Å². The Morgan fingerprint density at radius 1 is 1.10 bits per heavy atom. The molecule has 112 valence electrons. The Kier molecular flexibility index (Phi) is 5.72. The number of phenolic OH excluding ortho intramolecular Hbond substituents is 3. The van der Waals surface area contributed by atoms with E-state index in [2.05, 4.69) is 0 Å². The van der Waals surface area contributed by atoms with Crippen molar-refractivity contribution in [1.29, 1.82) is 0 Å². The molecule has 0 saturated carbocycles. The van der Waals surface area contributed by atoms with E-state index in [9.17, 15) is 9.18 Å². The maximum atomic E-state index is 12.4. The van der Waals surface area contributed by atoms with Crippen molar-refractivity contribution < 1.29 is 24.5 Å². The third-order valence-corrected chi connectivity index (χ3v) is 2.82. The lowest BCUT2D eigenvalue weighted by atomic mass is 10.1. The van der Waals surface area contributed by atoms with Crippen LogP contribution in [-0.2, 0) is 6.42 Å². The smallest absolute Gasteiger partial charge is 0.163 e. The van der Waals surface area contributed by atoms with E-state index in [0.717, 1.165) is 30.2 Å². The van der Waals surface area contributed by atoms with E-state index in [0.29, 0.717) is 0 Å². The van der Waals surface area contributed by atoms with Gasteiger partial charge in [-0.05, 0) is 43.2 Å². The molecule has 3 N–H and O–H groups in total. The van der Waals surface area contributed by atoms with E-state index in [1.54, 1.807) is 12.1 Å². The van der Waals surface area contributed by atoms with Crippen molar-refractivity contribution in [2.45, 2.75) is 20.3 Å². The number of benzene rings is 2. The molecule has 0 aliphatic heterocycles. The number of para-hydroxylation sites is 1. The SMILES string of the molecule is CC(=O)c1cc(F)ccc1O.CCc1cccc(O)c1O. The number of ketones is 1. The number of phenols is 3. The summed E-state index contributed by atoms with van der Waals surface area (Å²) in [7, 11) is 0. The molecule has 0 aliphatic rings. The maximum Gasteiger partial charge on any atom is 0.163 e. The Morgan fingerprint density at radius 2 is 1.76 bits per heavy atom. The van der Waals surface area contributed by atoms with E-state index in [1.165, 1.54) is 13.0 Å². The minimum absolute atomic E-state index is 0.00463. The van der Waals surface area contributed by atoms with Gasteiger partial charge in [0.1, 0.15) is 11.6 Å². The highest BCUT2D eigenvalue weighted by atomic mass is 19.1. The third-order valence-electron chi connectivity index (χ3n) is 2.82. The van der Waals surface area contributed by atoms with Crippen molar-refractivity contribution in [2.24, 2.45) is 0 Å². The maximum absolute atomic E-state index is 12.4. The van der Waals surface area contributed by atoms with E-state index in [4.69, 9.17) is 15.3 Å². The Balaban J connectivity index is 0.000000211. The molecule has 0 amide bonds. The van der Waals surface area contributed by atoms with Crippen molar-refractivity contribution >= 4 is 5.78 Å². The Bertz CT molecular complexity index is 638. The number of aromatic hydroxyl groups is 3. The average molecular weight is 292 g/mol. The molecule has 0 fully saturated rings. The van der Waals surface area contributed by atoms with Crippen molar-refractivity contribution in [2.75, 3.05) is 0 Å². The van der Waals surface area contributed by atoms with Crippen LogP contribution < -0.4 is 0 Å². The molecule has 0 saturated heterocycles. The zero-order chi connectivity index (χ0) is 16.0. The van der Waals surface area contributed by atoms with Gasteiger partial charge >= 0.3 is 0 Å². The fourth-order valence-corrected chi connectivity index (χ4v) is 1.65. The zero-order valence-electron chi connectivity index (χ0n) is 11.8. The first-order valence-corrected chi connectivity index (χ1v) is 6.36. The topological polar surface area (TPSA) is 77.8 Å². The number of hydrogen-bond acceptors (Lipinski definition) is 4. The van der Waals surface area contributed by atoms with Gasteiger partial charge in [0.25, 0.3) is 0 Å². The standard InChI is InChI=1S/C8H7FO2.C8H10O2/c1-5(10)7-4-6(9)2-3-8(7)11;1-2-6-4-3-5-7(9)8(6)10/h2-4,11H,1H3;3-5,9-10H,2H2,1H3. The second kappa shape index (κ2) is 7.28. The lowest BCUT2D eigenvalue weighted by Crippen LogP contribution is -1.92. The summed E-state index contributed by atoms with van der Waals surface area (Å²) >= 11 is 0. The average Bonchev–Trinajstić information content (AvgIpc) is 2.45. The molecular formula is C16H17FO4. The van der Waals surface area contributed by atoms with Crippen LogP contribution in [0.4, 0.5) is 4.39 Å². The highest BCUT2D eigenvalue weighted by Gasteiger charge is 2.06. The number of carbonyl (C=O) groups excluding carboxylic acids is 1.